The van der Waals surface area contributed by atoms with E-state index in [1.807, 2.05) is 0 Å². The van der Waals surface area contributed by atoms with Gasteiger partial charge in [-0.1, -0.05) is 48.5 Å². The predicted octanol–water partition coefficient (Wildman–Crippen LogP) is 3.95. The van der Waals surface area contributed by atoms with Gasteiger partial charge in [-0.05, 0) is 11.6 Å². The minimum absolute atomic E-state index is 0.237. The van der Waals surface area contributed by atoms with Crippen molar-refractivity contribution in [1.82, 2.24) is 0 Å². The summed E-state index contributed by atoms with van der Waals surface area (Å²) in [5.41, 5.74) is 1.12. The topological polar surface area (TPSA) is 26.3 Å². The van der Waals surface area contributed by atoms with E-state index >= 15 is 0 Å². The summed E-state index contributed by atoms with van der Waals surface area (Å²) in [7, 11) is 0. The van der Waals surface area contributed by atoms with Gasteiger partial charge in [0.05, 0.1) is 6.61 Å². The average Bonchev–Trinajstić information content (AvgIpc) is 2.45. The van der Waals surface area contributed by atoms with Gasteiger partial charge in [0.1, 0.15) is 0 Å². The largest absolute Gasteiger partial charge is 0.522 e. The minimum Gasteiger partial charge on any atom is -0.289 e. The Morgan fingerprint density at radius 2 is 1.60 bits per heavy atom. The zero-order valence-corrected chi connectivity index (χ0v) is 10.4. The summed E-state index contributed by atoms with van der Waals surface area (Å²) in [6, 6.07) is 14.5. The van der Waals surface area contributed by atoms with Crippen LogP contribution in [0.1, 0.15) is 21.5 Å². The molecule has 0 bridgehead atoms. The standard InChI is InChI=1S/C15H11F3O2/c16-15(17,18)20-10-11-5-4-8-13(9-11)14(19)12-6-2-1-3-7-12/h1-9H,10H2. The maximum atomic E-state index is 12.1. The molecule has 0 atom stereocenters. The van der Waals surface area contributed by atoms with Gasteiger partial charge in [-0.15, -0.1) is 13.2 Å². The fourth-order valence-corrected chi connectivity index (χ4v) is 1.72. The van der Waals surface area contributed by atoms with Gasteiger partial charge in [-0.25, -0.2) is 0 Å². The molecular weight excluding hydrogens is 269 g/mol. The second-order valence-electron chi connectivity index (χ2n) is 4.13. The smallest absolute Gasteiger partial charge is 0.289 e. The Balaban J connectivity index is 2.16. The molecule has 2 aromatic carbocycles. The molecule has 0 aliphatic heterocycles. The molecule has 5 heteroatoms. The lowest BCUT2D eigenvalue weighted by Crippen LogP contribution is -2.13. The van der Waals surface area contributed by atoms with E-state index in [0.29, 0.717) is 16.7 Å². The molecule has 0 unspecified atom stereocenters. The van der Waals surface area contributed by atoms with Crippen molar-refractivity contribution < 1.29 is 22.7 Å². The van der Waals surface area contributed by atoms with Crippen molar-refractivity contribution >= 4 is 5.78 Å². The van der Waals surface area contributed by atoms with Gasteiger partial charge >= 0.3 is 6.36 Å². The molecule has 2 rings (SSSR count). The Labute approximate surface area is 113 Å². The van der Waals surface area contributed by atoms with E-state index in [1.54, 1.807) is 36.4 Å². The van der Waals surface area contributed by atoms with E-state index in [0.717, 1.165) is 0 Å². The van der Waals surface area contributed by atoms with Crippen LogP contribution in [0.2, 0.25) is 0 Å². The van der Waals surface area contributed by atoms with Crippen LogP contribution < -0.4 is 0 Å². The molecule has 0 spiro atoms. The number of carbonyl (C=O) groups is 1. The van der Waals surface area contributed by atoms with Crippen molar-refractivity contribution in [3.8, 4) is 0 Å². The molecule has 0 heterocycles. The molecule has 0 aliphatic carbocycles. The third-order valence-electron chi connectivity index (χ3n) is 2.63. The number of carbonyl (C=O) groups excluding carboxylic acids is 1. The first-order chi connectivity index (χ1) is 9.46. The maximum absolute atomic E-state index is 12.1. The van der Waals surface area contributed by atoms with Gasteiger partial charge in [0.2, 0.25) is 0 Å². The Kier molecular flexibility index (Phi) is 4.20. The molecule has 2 aromatic rings. The SMILES string of the molecule is O=C(c1ccccc1)c1cccc(COC(F)(F)F)c1. The van der Waals surface area contributed by atoms with Crippen molar-refractivity contribution in [1.29, 1.82) is 0 Å². The highest BCUT2D eigenvalue weighted by molar-refractivity contribution is 6.09. The lowest BCUT2D eigenvalue weighted by atomic mass is 10.0. The van der Waals surface area contributed by atoms with Crippen molar-refractivity contribution in [3.63, 3.8) is 0 Å². The van der Waals surface area contributed by atoms with Crippen molar-refractivity contribution in [2.24, 2.45) is 0 Å². The first-order valence-corrected chi connectivity index (χ1v) is 5.85. The highest BCUT2D eigenvalue weighted by Crippen LogP contribution is 2.19. The van der Waals surface area contributed by atoms with Gasteiger partial charge in [0.25, 0.3) is 0 Å². The van der Waals surface area contributed by atoms with Crippen LogP contribution in [0.3, 0.4) is 0 Å². The third-order valence-corrected chi connectivity index (χ3v) is 2.63. The van der Waals surface area contributed by atoms with Gasteiger partial charge in [-0.2, -0.15) is 0 Å². The molecule has 0 N–H and O–H groups in total. The van der Waals surface area contributed by atoms with Gasteiger partial charge in [0, 0.05) is 11.1 Å². The van der Waals surface area contributed by atoms with E-state index in [1.165, 1.54) is 18.2 Å². The first kappa shape index (κ1) is 14.3. The quantitative estimate of drug-likeness (QED) is 0.792. The van der Waals surface area contributed by atoms with Crippen LogP contribution in [-0.4, -0.2) is 12.1 Å². The molecule has 20 heavy (non-hydrogen) atoms. The van der Waals surface area contributed by atoms with Gasteiger partial charge < -0.3 is 0 Å². The predicted molar refractivity (Wildman–Crippen MR) is 67.2 cm³/mol. The number of ketones is 1. The zero-order chi connectivity index (χ0) is 14.6. The normalized spacial score (nSPS) is 11.3. The van der Waals surface area contributed by atoms with Crippen LogP contribution >= 0.6 is 0 Å². The Morgan fingerprint density at radius 1 is 0.950 bits per heavy atom. The van der Waals surface area contributed by atoms with E-state index < -0.39 is 13.0 Å². The lowest BCUT2D eigenvalue weighted by Gasteiger charge is -2.08. The van der Waals surface area contributed by atoms with Crippen LogP contribution in [0.4, 0.5) is 13.2 Å². The number of alkyl halides is 3. The molecule has 0 saturated carbocycles. The lowest BCUT2D eigenvalue weighted by molar-refractivity contribution is -0.330. The highest BCUT2D eigenvalue weighted by Gasteiger charge is 2.28. The summed E-state index contributed by atoms with van der Waals surface area (Å²) in [5, 5.41) is 0. The van der Waals surface area contributed by atoms with E-state index in [4.69, 9.17) is 0 Å². The molecule has 0 amide bonds. The van der Waals surface area contributed by atoms with E-state index in [2.05, 4.69) is 4.74 Å². The van der Waals surface area contributed by atoms with Crippen molar-refractivity contribution in [2.75, 3.05) is 0 Å². The molecule has 0 saturated heterocycles. The van der Waals surface area contributed by atoms with Crippen LogP contribution in [0, 0.1) is 0 Å². The first-order valence-electron chi connectivity index (χ1n) is 5.85. The monoisotopic (exact) mass is 280 g/mol. The van der Waals surface area contributed by atoms with Gasteiger partial charge in [0.15, 0.2) is 5.78 Å². The van der Waals surface area contributed by atoms with E-state index in [9.17, 15) is 18.0 Å². The number of hydrogen-bond donors (Lipinski definition) is 0. The molecule has 104 valence electrons. The zero-order valence-electron chi connectivity index (χ0n) is 10.4. The van der Waals surface area contributed by atoms with Crippen LogP contribution in [0.25, 0.3) is 0 Å². The Morgan fingerprint density at radius 3 is 2.25 bits per heavy atom. The van der Waals surface area contributed by atoms with Gasteiger partial charge in [-0.3, -0.25) is 9.53 Å². The number of rotatable bonds is 4. The number of halogens is 3. The second kappa shape index (κ2) is 5.88. The second-order valence-corrected chi connectivity index (χ2v) is 4.13. The Bertz CT molecular complexity index is 592. The molecule has 0 aliphatic rings. The van der Waals surface area contributed by atoms with Crippen LogP contribution in [0.15, 0.2) is 54.6 Å². The Hall–Kier alpha value is -2.14. The fourth-order valence-electron chi connectivity index (χ4n) is 1.72. The molecular formula is C15H11F3O2. The van der Waals surface area contributed by atoms with Crippen LogP contribution in [-0.2, 0) is 11.3 Å². The van der Waals surface area contributed by atoms with E-state index in [-0.39, 0.29) is 5.78 Å². The summed E-state index contributed by atoms with van der Waals surface area (Å²) in [6.45, 7) is -0.612. The van der Waals surface area contributed by atoms with Crippen molar-refractivity contribution in [2.45, 2.75) is 13.0 Å². The summed E-state index contributed by atoms with van der Waals surface area (Å²) in [6.07, 6.45) is -4.68. The number of benzene rings is 2. The van der Waals surface area contributed by atoms with Crippen LogP contribution in [0.5, 0.6) is 0 Å². The molecule has 0 fully saturated rings. The number of hydrogen-bond acceptors (Lipinski definition) is 2. The van der Waals surface area contributed by atoms with Crippen molar-refractivity contribution in [3.05, 3.63) is 71.3 Å². The molecule has 0 aromatic heterocycles. The maximum Gasteiger partial charge on any atom is 0.522 e. The molecule has 0 radical (unpaired) electrons. The third kappa shape index (κ3) is 3.93. The minimum atomic E-state index is -4.68. The summed E-state index contributed by atoms with van der Waals surface area (Å²) < 4.78 is 39.7. The summed E-state index contributed by atoms with van der Waals surface area (Å²) in [5.74, 6) is -0.237. The summed E-state index contributed by atoms with van der Waals surface area (Å²) in [4.78, 5) is 12.1. The summed E-state index contributed by atoms with van der Waals surface area (Å²) >= 11 is 0. The number of ether oxygens (including phenoxy) is 1. The molecule has 2 nitrogen and oxygen atoms in total. The highest BCUT2D eigenvalue weighted by atomic mass is 19.4. The fraction of sp³-hybridized carbons (Fsp3) is 0.133. The average molecular weight is 280 g/mol.